The molecule has 0 saturated heterocycles. The minimum atomic E-state index is -4.86. The fourth-order valence-electron chi connectivity index (χ4n) is 3.13. The van der Waals surface area contributed by atoms with E-state index in [9.17, 15) is 35.9 Å². The summed E-state index contributed by atoms with van der Waals surface area (Å²) in [5, 5.41) is 3.25. The Morgan fingerprint density at radius 3 is 1.29 bits per heavy atom. The van der Waals surface area contributed by atoms with E-state index in [2.05, 4.69) is 22.6 Å². The minimum absolute atomic E-state index is 0.170. The number of benzene rings is 3. The molecule has 202 valence electrons. The molecule has 0 amide bonds. The summed E-state index contributed by atoms with van der Waals surface area (Å²) in [6.45, 7) is 4.18. The van der Waals surface area contributed by atoms with Gasteiger partial charge in [-0.3, -0.25) is 0 Å². The lowest BCUT2D eigenvalue weighted by atomic mass is 10.0. The van der Waals surface area contributed by atoms with Crippen molar-refractivity contribution in [3.63, 3.8) is 0 Å². The van der Waals surface area contributed by atoms with Crippen molar-refractivity contribution in [3.05, 3.63) is 72.8 Å². The van der Waals surface area contributed by atoms with Crippen LogP contribution in [0.25, 0.3) is 21.5 Å². The molecule has 0 aromatic heterocycles. The van der Waals surface area contributed by atoms with Crippen molar-refractivity contribution in [1.29, 1.82) is 0 Å². The van der Waals surface area contributed by atoms with Crippen molar-refractivity contribution in [2.45, 2.75) is 12.4 Å². The molecule has 0 radical (unpaired) electrons. The number of carbonyl (C=O) groups is 2. The van der Waals surface area contributed by atoms with E-state index in [1.165, 1.54) is 0 Å². The Balaban J connectivity index is 1.55. The number of alkyl halides is 6. The van der Waals surface area contributed by atoms with Crippen molar-refractivity contribution >= 4 is 33.5 Å². The fourth-order valence-corrected chi connectivity index (χ4v) is 3.13. The Bertz CT molecular complexity index is 1270. The number of carbonyl (C=O) groups excluding carboxylic acids is 2. The van der Waals surface area contributed by atoms with Crippen LogP contribution in [0.4, 0.5) is 26.3 Å². The number of hydrogen-bond acceptors (Lipinski definition) is 6. The molecule has 0 spiro atoms. The van der Waals surface area contributed by atoms with Crippen LogP contribution in [0.3, 0.4) is 0 Å². The molecule has 6 nitrogen and oxygen atoms in total. The zero-order valence-corrected chi connectivity index (χ0v) is 19.6. The van der Waals surface area contributed by atoms with Crippen molar-refractivity contribution in [2.24, 2.45) is 0 Å². The van der Waals surface area contributed by atoms with Crippen LogP contribution in [-0.2, 0) is 19.1 Å². The smallest absolute Gasteiger partial charge is 0.422 e. The number of ether oxygens (including phenoxy) is 4. The molecule has 0 aliphatic carbocycles. The van der Waals surface area contributed by atoms with Crippen LogP contribution in [0, 0.1) is 0 Å². The summed E-state index contributed by atoms with van der Waals surface area (Å²) in [5.41, 5.74) is -3.20. The van der Waals surface area contributed by atoms with Gasteiger partial charge in [0.05, 0.1) is 0 Å². The zero-order chi connectivity index (χ0) is 28.1. The molecule has 12 heteroatoms. The van der Waals surface area contributed by atoms with Gasteiger partial charge in [-0.1, -0.05) is 25.3 Å². The predicted molar refractivity (Wildman–Crippen MR) is 125 cm³/mol. The highest BCUT2D eigenvalue weighted by Gasteiger charge is 2.38. The van der Waals surface area contributed by atoms with Crippen molar-refractivity contribution in [3.8, 4) is 11.5 Å². The normalized spacial score (nSPS) is 11.7. The first-order valence-electron chi connectivity index (χ1n) is 10.9. The number of halogens is 6. The maximum Gasteiger partial charge on any atom is 0.422 e. The second-order valence-electron chi connectivity index (χ2n) is 7.79. The van der Waals surface area contributed by atoms with E-state index in [1.807, 2.05) is 12.1 Å². The first-order valence-corrected chi connectivity index (χ1v) is 10.9. The monoisotopic (exact) mass is 542 g/mol. The van der Waals surface area contributed by atoms with Crippen LogP contribution in [0.2, 0.25) is 0 Å². The Kier molecular flexibility index (Phi) is 8.54. The Morgan fingerprint density at radius 1 is 0.579 bits per heavy atom. The third kappa shape index (κ3) is 7.40. The predicted octanol–water partition coefficient (Wildman–Crippen LogP) is 6.07. The number of fused-ring (bicyclic) bond motifs is 2. The number of esters is 2. The Hall–Kier alpha value is -4.22. The van der Waals surface area contributed by atoms with Gasteiger partial charge >= 0.3 is 24.3 Å². The molecular weight excluding hydrogens is 522 g/mol. The first-order chi connectivity index (χ1) is 17.8. The summed E-state index contributed by atoms with van der Waals surface area (Å²) < 4.78 is 94.4. The van der Waals surface area contributed by atoms with Crippen molar-refractivity contribution < 1.29 is 54.9 Å². The average Bonchev–Trinajstić information content (AvgIpc) is 2.85. The van der Waals surface area contributed by atoms with E-state index in [0.29, 0.717) is 11.5 Å². The maximum atomic E-state index is 12.4. The van der Waals surface area contributed by atoms with E-state index in [-0.39, 0.29) is 13.2 Å². The van der Waals surface area contributed by atoms with Gasteiger partial charge < -0.3 is 18.9 Å². The van der Waals surface area contributed by atoms with E-state index in [0.717, 1.165) is 21.5 Å². The van der Waals surface area contributed by atoms with E-state index < -0.39 is 48.7 Å². The summed E-state index contributed by atoms with van der Waals surface area (Å²) in [7, 11) is 0. The first kappa shape index (κ1) is 28.4. The quantitative estimate of drug-likeness (QED) is 0.102. The highest BCUT2D eigenvalue weighted by atomic mass is 19.4. The molecule has 0 aliphatic heterocycles. The van der Waals surface area contributed by atoms with Gasteiger partial charge in [0, 0.05) is 0 Å². The zero-order valence-electron chi connectivity index (χ0n) is 19.6. The SMILES string of the molecule is C=C(C(=O)OCCOc1ccc2cc3cc(OCCOC(=O)C(=C)C(F)(F)F)ccc3cc2c1)C(F)(F)F. The van der Waals surface area contributed by atoms with Gasteiger partial charge in [-0.15, -0.1) is 0 Å². The van der Waals surface area contributed by atoms with Crippen LogP contribution in [0.1, 0.15) is 0 Å². The lowest BCUT2D eigenvalue weighted by molar-refractivity contribution is -0.152. The molecule has 0 atom stereocenters. The van der Waals surface area contributed by atoms with Crippen molar-refractivity contribution in [2.75, 3.05) is 26.4 Å². The standard InChI is InChI=1S/C26H20F6O6/c1-15(25(27,28)29)23(33)37-9-7-35-21-5-3-17-12-20-14-22(6-4-18(20)11-19(17)13-21)36-8-10-38-24(34)16(2)26(30,31)32/h3-6,11-14H,1-2,7-10H2. The molecule has 0 N–H and O–H groups in total. The van der Waals surface area contributed by atoms with Gasteiger partial charge in [0.2, 0.25) is 0 Å². The molecule has 0 aliphatic rings. The molecule has 0 bridgehead atoms. The average molecular weight is 542 g/mol. The molecule has 38 heavy (non-hydrogen) atoms. The van der Waals surface area contributed by atoms with E-state index in [1.54, 1.807) is 36.4 Å². The highest BCUT2D eigenvalue weighted by molar-refractivity contribution is 5.99. The molecule has 3 aromatic rings. The molecule has 3 aromatic carbocycles. The van der Waals surface area contributed by atoms with Gasteiger partial charge in [0.1, 0.15) is 49.1 Å². The Labute approximate surface area is 212 Å². The van der Waals surface area contributed by atoms with Gasteiger partial charge in [-0.25, -0.2) is 9.59 Å². The van der Waals surface area contributed by atoms with Crippen LogP contribution < -0.4 is 9.47 Å². The summed E-state index contributed by atoms with van der Waals surface area (Å²) >= 11 is 0. The summed E-state index contributed by atoms with van der Waals surface area (Å²) in [4.78, 5) is 22.6. The number of hydrogen-bond donors (Lipinski definition) is 0. The van der Waals surface area contributed by atoms with Crippen LogP contribution in [0.5, 0.6) is 11.5 Å². The molecule has 0 unspecified atom stereocenters. The second kappa shape index (κ2) is 11.4. The third-order valence-electron chi connectivity index (χ3n) is 5.09. The summed E-state index contributed by atoms with van der Waals surface area (Å²) in [5.74, 6) is -2.32. The lowest BCUT2D eigenvalue weighted by Crippen LogP contribution is -2.22. The van der Waals surface area contributed by atoms with Gasteiger partial charge in [0.25, 0.3) is 0 Å². The molecule has 3 rings (SSSR count). The van der Waals surface area contributed by atoms with Crippen LogP contribution >= 0.6 is 0 Å². The van der Waals surface area contributed by atoms with Crippen LogP contribution in [-0.4, -0.2) is 50.7 Å². The maximum absolute atomic E-state index is 12.4. The van der Waals surface area contributed by atoms with Gasteiger partial charge in [0.15, 0.2) is 0 Å². The van der Waals surface area contributed by atoms with Crippen LogP contribution in [0.15, 0.2) is 72.8 Å². The fraction of sp³-hybridized carbons (Fsp3) is 0.231. The lowest BCUT2D eigenvalue weighted by Gasteiger charge is -2.12. The Morgan fingerprint density at radius 2 is 0.947 bits per heavy atom. The van der Waals surface area contributed by atoms with Gasteiger partial charge in [-0.05, 0) is 57.9 Å². The van der Waals surface area contributed by atoms with E-state index >= 15 is 0 Å². The molecule has 0 heterocycles. The molecule has 0 fully saturated rings. The highest BCUT2D eigenvalue weighted by Crippen LogP contribution is 2.29. The topological polar surface area (TPSA) is 71.1 Å². The third-order valence-corrected chi connectivity index (χ3v) is 5.09. The summed E-state index contributed by atoms with van der Waals surface area (Å²) in [6.07, 6.45) is -9.73. The molecular formula is C26H20F6O6. The van der Waals surface area contributed by atoms with Crippen molar-refractivity contribution in [1.82, 2.24) is 0 Å². The number of rotatable bonds is 10. The molecule has 0 saturated carbocycles. The summed E-state index contributed by atoms with van der Waals surface area (Å²) in [6, 6.07) is 13.9. The largest absolute Gasteiger partial charge is 0.490 e. The second-order valence-corrected chi connectivity index (χ2v) is 7.79. The van der Waals surface area contributed by atoms with E-state index in [4.69, 9.17) is 9.47 Å². The van der Waals surface area contributed by atoms with Gasteiger partial charge in [-0.2, -0.15) is 26.3 Å². The minimum Gasteiger partial charge on any atom is -0.490 e.